The molecule has 0 unspecified atom stereocenters. The van der Waals surface area contributed by atoms with Gasteiger partial charge >= 0.3 is 6.61 Å². The molecule has 3 nitrogen and oxygen atoms in total. The number of alkyl halides is 2. The van der Waals surface area contributed by atoms with Crippen LogP contribution in [0.25, 0.3) is 0 Å². The second kappa shape index (κ2) is 8.72. The van der Waals surface area contributed by atoms with Gasteiger partial charge in [-0.25, -0.2) is 0 Å². The maximum absolute atomic E-state index is 12.2. The molecule has 0 saturated heterocycles. The Morgan fingerprint density at radius 2 is 2.21 bits per heavy atom. The first-order valence-corrected chi connectivity index (χ1v) is 6.17. The van der Waals surface area contributed by atoms with E-state index in [1.54, 1.807) is 6.07 Å². The largest absolute Gasteiger partial charge is 0.502 e. The number of benzene rings is 1. The highest BCUT2D eigenvalue weighted by Crippen LogP contribution is 2.24. The Labute approximate surface area is 116 Å². The summed E-state index contributed by atoms with van der Waals surface area (Å²) >= 11 is 5.83. The molecule has 1 rings (SSSR count). The summed E-state index contributed by atoms with van der Waals surface area (Å²) in [6.45, 7) is 2.23. The average Bonchev–Trinajstić information content (AvgIpc) is 2.36. The first-order valence-electron chi connectivity index (χ1n) is 5.80. The maximum Gasteiger partial charge on any atom is 0.387 e. The van der Waals surface area contributed by atoms with E-state index in [0.717, 1.165) is 6.42 Å². The number of ether oxygens (including phenoxy) is 2. The fourth-order valence-electron chi connectivity index (χ4n) is 1.48. The van der Waals surface area contributed by atoms with Crippen LogP contribution in [0.4, 0.5) is 8.78 Å². The molecule has 0 radical (unpaired) electrons. The van der Waals surface area contributed by atoms with Crippen LogP contribution in [0.2, 0.25) is 5.02 Å². The predicted molar refractivity (Wildman–Crippen MR) is 70.6 cm³/mol. The third-order valence-corrected chi connectivity index (χ3v) is 2.52. The molecule has 106 valence electrons. The lowest BCUT2D eigenvalue weighted by Gasteiger charge is -2.12. The van der Waals surface area contributed by atoms with Gasteiger partial charge in [0.2, 0.25) is 0 Å². The molecule has 0 bridgehead atoms. The fraction of sp³-hybridized carbons (Fsp3) is 0.385. The molecule has 0 saturated carbocycles. The Hall–Kier alpha value is -1.33. The molecule has 6 heteroatoms. The maximum atomic E-state index is 12.2. The molecule has 0 heterocycles. The molecular weight excluding hydrogens is 276 g/mol. The van der Waals surface area contributed by atoms with Crippen molar-refractivity contribution in [1.82, 2.24) is 5.32 Å². The molecule has 0 fully saturated rings. The first kappa shape index (κ1) is 15.7. The summed E-state index contributed by atoms with van der Waals surface area (Å²) in [6.07, 6.45) is 2.17. The molecule has 0 aromatic heterocycles. The van der Waals surface area contributed by atoms with Gasteiger partial charge in [-0.3, -0.25) is 0 Å². The van der Waals surface area contributed by atoms with Crippen molar-refractivity contribution in [2.75, 3.05) is 13.2 Å². The summed E-state index contributed by atoms with van der Waals surface area (Å²) in [4.78, 5) is 0. The lowest BCUT2D eigenvalue weighted by atomic mass is 10.2. The van der Waals surface area contributed by atoms with Crippen LogP contribution in [0.15, 0.2) is 31.0 Å². The van der Waals surface area contributed by atoms with Gasteiger partial charge in [-0.1, -0.05) is 18.2 Å². The smallest absolute Gasteiger partial charge is 0.387 e. The van der Waals surface area contributed by atoms with E-state index in [4.69, 9.17) is 16.3 Å². The van der Waals surface area contributed by atoms with Crippen LogP contribution in [0.3, 0.4) is 0 Å². The second-order valence-corrected chi connectivity index (χ2v) is 4.13. The van der Waals surface area contributed by atoms with E-state index in [9.17, 15) is 8.78 Å². The van der Waals surface area contributed by atoms with E-state index in [0.29, 0.717) is 30.3 Å². The summed E-state index contributed by atoms with van der Waals surface area (Å²) in [5, 5.41) is 3.58. The van der Waals surface area contributed by atoms with E-state index in [-0.39, 0.29) is 5.75 Å². The quantitative estimate of drug-likeness (QED) is 0.557. The Morgan fingerprint density at radius 1 is 1.42 bits per heavy atom. The Bertz CT molecular complexity index is 402. The van der Waals surface area contributed by atoms with Crippen LogP contribution in [0.5, 0.6) is 5.75 Å². The Kier molecular flexibility index (Phi) is 7.22. The van der Waals surface area contributed by atoms with Gasteiger partial charge in [-0.15, -0.1) is 0 Å². The lowest BCUT2D eigenvalue weighted by Crippen LogP contribution is -2.17. The van der Waals surface area contributed by atoms with E-state index >= 15 is 0 Å². The summed E-state index contributed by atoms with van der Waals surface area (Å²) in [5.41, 5.74) is 0.595. The zero-order chi connectivity index (χ0) is 14.1. The van der Waals surface area contributed by atoms with Crippen LogP contribution >= 0.6 is 11.6 Å². The summed E-state index contributed by atoms with van der Waals surface area (Å²) in [7, 11) is 0. The zero-order valence-electron chi connectivity index (χ0n) is 10.4. The minimum Gasteiger partial charge on any atom is -0.502 e. The lowest BCUT2D eigenvalue weighted by molar-refractivity contribution is -0.0504. The van der Waals surface area contributed by atoms with Gasteiger partial charge in [-0.2, -0.15) is 8.78 Å². The number of rotatable bonds is 9. The molecular formula is C13H16ClF2NO2. The molecule has 0 spiro atoms. The van der Waals surface area contributed by atoms with Crippen LogP contribution < -0.4 is 10.1 Å². The summed E-state index contributed by atoms with van der Waals surface area (Å²) in [5.74, 6) is 0.134. The standard InChI is InChI=1S/C13H16ClF2NO2/c1-2-18-7-3-6-17-9-10-8-11(14)4-5-12(10)19-13(15)16/h2,4-5,8,13,17H,1,3,6-7,9H2. The Morgan fingerprint density at radius 3 is 2.89 bits per heavy atom. The van der Waals surface area contributed by atoms with Crippen molar-refractivity contribution in [3.8, 4) is 5.75 Å². The molecule has 0 aliphatic carbocycles. The molecule has 19 heavy (non-hydrogen) atoms. The first-order chi connectivity index (χ1) is 9.13. The van der Waals surface area contributed by atoms with Crippen molar-refractivity contribution in [2.45, 2.75) is 19.6 Å². The normalized spacial score (nSPS) is 10.5. The van der Waals surface area contributed by atoms with Crippen molar-refractivity contribution in [2.24, 2.45) is 0 Å². The van der Waals surface area contributed by atoms with E-state index in [1.165, 1.54) is 18.4 Å². The number of halogens is 3. The van der Waals surface area contributed by atoms with Crippen LogP contribution in [0, 0.1) is 0 Å². The monoisotopic (exact) mass is 291 g/mol. The summed E-state index contributed by atoms with van der Waals surface area (Å²) in [6, 6.07) is 4.56. The number of hydrogen-bond donors (Lipinski definition) is 1. The summed E-state index contributed by atoms with van der Waals surface area (Å²) < 4.78 is 33.8. The highest BCUT2D eigenvalue weighted by molar-refractivity contribution is 6.30. The molecule has 1 aromatic carbocycles. The third kappa shape index (κ3) is 6.40. The molecule has 1 N–H and O–H groups in total. The average molecular weight is 292 g/mol. The van der Waals surface area contributed by atoms with Crippen LogP contribution in [-0.4, -0.2) is 19.8 Å². The van der Waals surface area contributed by atoms with Gasteiger partial charge in [0.05, 0.1) is 12.9 Å². The van der Waals surface area contributed by atoms with Gasteiger partial charge in [0.1, 0.15) is 5.75 Å². The van der Waals surface area contributed by atoms with Crippen molar-refractivity contribution in [3.05, 3.63) is 41.6 Å². The van der Waals surface area contributed by atoms with Crippen molar-refractivity contribution in [3.63, 3.8) is 0 Å². The van der Waals surface area contributed by atoms with Crippen molar-refractivity contribution in [1.29, 1.82) is 0 Å². The topological polar surface area (TPSA) is 30.5 Å². The predicted octanol–water partition coefficient (Wildman–Crippen LogP) is 3.58. The molecule has 0 aliphatic heterocycles. The Balaban J connectivity index is 2.46. The van der Waals surface area contributed by atoms with E-state index < -0.39 is 6.61 Å². The second-order valence-electron chi connectivity index (χ2n) is 3.70. The van der Waals surface area contributed by atoms with E-state index in [2.05, 4.69) is 16.6 Å². The number of hydrogen-bond acceptors (Lipinski definition) is 3. The van der Waals surface area contributed by atoms with Crippen LogP contribution in [0.1, 0.15) is 12.0 Å². The third-order valence-electron chi connectivity index (χ3n) is 2.29. The fourth-order valence-corrected chi connectivity index (χ4v) is 1.68. The van der Waals surface area contributed by atoms with Gasteiger partial charge in [0, 0.05) is 17.1 Å². The van der Waals surface area contributed by atoms with E-state index in [1.807, 2.05) is 0 Å². The van der Waals surface area contributed by atoms with Gasteiger partial charge in [0.25, 0.3) is 0 Å². The van der Waals surface area contributed by atoms with Gasteiger partial charge in [-0.05, 0) is 31.2 Å². The SMILES string of the molecule is C=COCCCNCc1cc(Cl)ccc1OC(F)F. The highest BCUT2D eigenvalue weighted by Gasteiger charge is 2.09. The highest BCUT2D eigenvalue weighted by atomic mass is 35.5. The molecule has 0 aliphatic rings. The van der Waals surface area contributed by atoms with Crippen molar-refractivity contribution < 1.29 is 18.3 Å². The van der Waals surface area contributed by atoms with Gasteiger partial charge < -0.3 is 14.8 Å². The molecule has 0 atom stereocenters. The molecule has 0 amide bonds. The molecule has 1 aromatic rings. The minimum absolute atomic E-state index is 0.134. The van der Waals surface area contributed by atoms with Crippen LogP contribution in [-0.2, 0) is 11.3 Å². The van der Waals surface area contributed by atoms with Crippen molar-refractivity contribution >= 4 is 11.6 Å². The number of nitrogens with one attached hydrogen (secondary N) is 1. The minimum atomic E-state index is -2.85. The van der Waals surface area contributed by atoms with Gasteiger partial charge in [0.15, 0.2) is 0 Å². The zero-order valence-corrected chi connectivity index (χ0v) is 11.1.